The largest absolute Gasteiger partial charge is 0.416 e. The van der Waals surface area contributed by atoms with Crippen molar-refractivity contribution in [3.8, 4) is 18.1 Å². The number of rotatable bonds is 1. The highest BCUT2D eigenvalue weighted by atomic mass is 32.1. The van der Waals surface area contributed by atoms with Crippen LogP contribution in [-0.2, 0) is 4.79 Å². The van der Waals surface area contributed by atoms with Gasteiger partial charge < -0.3 is 4.74 Å². The second kappa shape index (κ2) is 3.04. The molecule has 0 unspecified atom stereocenters. The van der Waals surface area contributed by atoms with E-state index in [1.807, 2.05) is 5.92 Å². The van der Waals surface area contributed by atoms with Crippen LogP contribution in [0.15, 0.2) is 16.8 Å². The molecule has 0 spiro atoms. The molecule has 0 atom stereocenters. The quantitative estimate of drug-likeness (QED) is 0.344. The Labute approximate surface area is 62.4 Å². The maximum absolute atomic E-state index is 10.4. The SMILES string of the molecule is C#CC(=O)Oc1ccsc1. The van der Waals surface area contributed by atoms with Crippen molar-refractivity contribution in [1.82, 2.24) is 0 Å². The monoisotopic (exact) mass is 152 g/mol. The molecule has 3 heteroatoms. The Bertz CT molecular complexity index is 256. The van der Waals surface area contributed by atoms with Gasteiger partial charge >= 0.3 is 5.97 Å². The maximum atomic E-state index is 10.4. The predicted molar refractivity (Wildman–Crippen MR) is 38.8 cm³/mol. The summed E-state index contributed by atoms with van der Waals surface area (Å²) in [6.07, 6.45) is 4.77. The van der Waals surface area contributed by atoms with Gasteiger partial charge in [-0.1, -0.05) is 0 Å². The Morgan fingerprint density at radius 3 is 3.10 bits per heavy atom. The summed E-state index contributed by atoms with van der Waals surface area (Å²) in [5.74, 6) is 1.70. The molecule has 0 aromatic carbocycles. The standard InChI is InChI=1S/C7H4O2S/c1-2-7(8)9-6-3-4-10-5-6/h1,3-5H. The van der Waals surface area contributed by atoms with Gasteiger partial charge in [-0.15, -0.1) is 17.8 Å². The van der Waals surface area contributed by atoms with Crippen LogP contribution < -0.4 is 4.74 Å². The lowest BCUT2D eigenvalue weighted by molar-refractivity contribution is -0.127. The van der Waals surface area contributed by atoms with Gasteiger partial charge in [-0.05, 0) is 11.4 Å². The third-order valence-electron chi connectivity index (χ3n) is 0.823. The number of carbonyl (C=O) groups is 1. The van der Waals surface area contributed by atoms with Gasteiger partial charge in [-0.3, -0.25) is 0 Å². The molecule has 1 aromatic rings. The van der Waals surface area contributed by atoms with E-state index in [0.717, 1.165) is 0 Å². The molecular weight excluding hydrogens is 148 g/mol. The number of ether oxygens (including phenoxy) is 1. The number of carbonyl (C=O) groups excluding carboxylic acids is 1. The summed E-state index contributed by atoms with van der Waals surface area (Å²) >= 11 is 1.45. The van der Waals surface area contributed by atoms with Crippen molar-refractivity contribution in [1.29, 1.82) is 0 Å². The summed E-state index contributed by atoms with van der Waals surface area (Å²) in [5.41, 5.74) is 0. The van der Waals surface area contributed by atoms with E-state index >= 15 is 0 Å². The average Bonchev–Trinajstić information content (AvgIpc) is 2.40. The van der Waals surface area contributed by atoms with Crippen LogP contribution in [0, 0.1) is 12.3 Å². The molecule has 1 aromatic heterocycles. The van der Waals surface area contributed by atoms with Crippen molar-refractivity contribution in [2.75, 3.05) is 0 Å². The average molecular weight is 152 g/mol. The summed E-state index contributed by atoms with van der Waals surface area (Å²) in [6.45, 7) is 0. The highest BCUT2D eigenvalue weighted by Crippen LogP contribution is 2.14. The zero-order valence-corrected chi connectivity index (χ0v) is 5.85. The minimum atomic E-state index is -0.654. The van der Waals surface area contributed by atoms with Crippen LogP contribution in [0.4, 0.5) is 0 Å². The fourth-order valence-electron chi connectivity index (χ4n) is 0.447. The Morgan fingerprint density at radius 1 is 1.80 bits per heavy atom. The summed E-state index contributed by atoms with van der Waals surface area (Å²) in [7, 11) is 0. The van der Waals surface area contributed by atoms with Gasteiger partial charge in [0.25, 0.3) is 0 Å². The van der Waals surface area contributed by atoms with Gasteiger partial charge in [-0.25, -0.2) is 4.79 Å². The van der Waals surface area contributed by atoms with Crippen molar-refractivity contribution < 1.29 is 9.53 Å². The molecule has 0 aliphatic heterocycles. The molecule has 1 heterocycles. The molecule has 0 saturated carbocycles. The molecular formula is C7H4O2S. The van der Waals surface area contributed by atoms with Crippen LogP contribution in [0.1, 0.15) is 0 Å². The number of thiophene rings is 1. The molecule has 0 amide bonds. The van der Waals surface area contributed by atoms with Gasteiger partial charge in [0.15, 0.2) is 0 Å². The molecule has 0 saturated heterocycles. The Kier molecular flexibility index (Phi) is 2.08. The minimum Gasteiger partial charge on any atom is -0.416 e. The third kappa shape index (κ3) is 1.61. The van der Waals surface area contributed by atoms with Crippen LogP contribution in [-0.4, -0.2) is 5.97 Å². The summed E-state index contributed by atoms with van der Waals surface area (Å²) in [5, 5.41) is 3.51. The van der Waals surface area contributed by atoms with E-state index in [1.54, 1.807) is 16.8 Å². The van der Waals surface area contributed by atoms with E-state index in [-0.39, 0.29) is 0 Å². The van der Waals surface area contributed by atoms with E-state index < -0.39 is 5.97 Å². The van der Waals surface area contributed by atoms with E-state index in [9.17, 15) is 4.79 Å². The van der Waals surface area contributed by atoms with Crippen molar-refractivity contribution in [3.63, 3.8) is 0 Å². The van der Waals surface area contributed by atoms with E-state index in [0.29, 0.717) is 5.75 Å². The zero-order valence-electron chi connectivity index (χ0n) is 5.03. The summed E-state index contributed by atoms with van der Waals surface area (Å²) in [4.78, 5) is 10.4. The molecule has 2 nitrogen and oxygen atoms in total. The molecule has 10 heavy (non-hydrogen) atoms. The summed E-state index contributed by atoms with van der Waals surface area (Å²) in [6, 6.07) is 1.68. The van der Waals surface area contributed by atoms with Crippen molar-refractivity contribution >= 4 is 17.3 Å². The molecule has 1 rings (SSSR count). The van der Waals surface area contributed by atoms with E-state index in [1.165, 1.54) is 11.3 Å². The second-order valence-corrected chi connectivity index (χ2v) is 2.27. The second-order valence-electron chi connectivity index (χ2n) is 1.49. The van der Waals surface area contributed by atoms with E-state index in [2.05, 4.69) is 4.74 Å². The van der Waals surface area contributed by atoms with Crippen LogP contribution in [0.25, 0.3) is 0 Å². The first kappa shape index (κ1) is 6.84. The van der Waals surface area contributed by atoms with Gasteiger partial charge in [0.1, 0.15) is 5.75 Å². The fraction of sp³-hybridized carbons (Fsp3) is 0. The van der Waals surface area contributed by atoms with Crippen molar-refractivity contribution in [2.24, 2.45) is 0 Å². The fourth-order valence-corrected chi connectivity index (χ4v) is 0.999. The highest BCUT2D eigenvalue weighted by molar-refractivity contribution is 7.08. The van der Waals surface area contributed by atoms with Gasteiger partial charge in [0, 0.05) is 11.3 Å². The first-order chi connectivity index (χ1) is 4.83. The number of hydrogen-bond acceptors (Lipinski definition) is 3. The smallest absolute Gasteiger partial charge is 0.389 e. The molecule has 0 aliphatic rings. The number of esters is 1. The normalized spacial score (nSPS) is 8.30. The van der Waals surface area contributed by atoms with Crippen LogP contribution in [0.2, 0.25) is 0 Å². The number of hydrogen-bond donors (Lipinski definition) is 0. The third-order valence-corrected chi connectivity index (χ3v) is 1.49. The van der Waals surface area contributed by atoms with Gasteiger partial charge in [-0.2, -0.15) is 0 Å². The highest BCUT2D eigenvalue weighted by Gasteiger charge is 1.97. The van der Waals surface area contributed by atoms with E-state index in [4.69, 9.17) is 6.42 Å². The Hall–Kier alpha value is -1.27. The van der Waals surface area contributed by atoms with Gasteiger partial charge in [0.05, 0.1) is 0 Å². The van der Waals surface area contributed by atoms with Crippen LogP contribution in [0.3, 0.4) is 0 Å². The van der Waals surface area contributed by atoms with Gasteiger partial charge in [0.2, 0.25) is 0 Å². The van der Waals surface area contributed by atoms with Crippen molar-refractivity contribution in [2.45, 2.75) is 0 Å². The first-order valence-electron chi connectivity index (χ1n) is 2.53. The molecule has 50 valence electrons. The Balaban J connectivity index is 2.59. The lowest BCUT2D eigenvalue weighted by Gasteiger charge is -1.91. The molecule has 0 aliphatic carbocycles. The van der Waals surface area contributed by atoms with Crippen molar-refractivity contribution in [3.05, 3.63) is 16.8 Å². The van der Waals surface area contributed by atoms with Crippen LogP contribution in [0.5, 0.6) is 5.75 Å². The minimum absolute atomic E-state index is 0.507. The van der Waals surface area contributed by atoms with Crippen LogP contribution >= 0.6 is 11.3 Å². The predicted octanol–water partition coefficient (Wildman–Crippen LogP) is 1.29. The lowest BCUT2D eigenvalue weighted by atomic mass is 10.6. The molecule has 0 radical (unpaired) electrons. The summed E-state index contributed by atoms with van der Waals surface area (Å²) < 4.78 is 4.64. The Morgan fingerprint density at radius 2 is 2.60 bits per heavy atom. The maximum Gasteiger partial charge on any atom is 0.389 e. The number of terminal acetylenes is 1. The lowest BCUT2D eigenvalue weighted by Crippen LogP contribution is -2.02. The zero-order chi connectivity index (χ0) is 7.40. The molecule has 0 fully saturated rings. The molecule has 0 N–H and O–H groups in total. The first-order valence-corrected chi connectivity index (χ1v) is 3.48. The topological polar surface area (TPSA) is 26.3 Å². The molecule has 0 bridgehead atoms.